The van der Waals surface area contributed by atoms with Gasteiger partial charge in [0.05, 0.1) is 24.2 Å². The minimum Gasteiger partial charge on any atom is -0.469 e. The fourth-order valence-corrected chi connectivity index (χ4v) is 2.21. The number of nitrogens with two attached hydrogens (primary N) is 1. The number of thioether (sulfide) groups is 1. The van der Waals surface area contributed by atoms with Crippen molar-refractivity contribution in [2.75, 3.05) is 18.3 Å². The number of nitrogens with zero attached hydrogens (tertiary/aromatic N) is 1. The average Bonchev–Trinajstić information content (AvgIpc) is 2.36. The monoisotopic (exact) mass is 275 g/mol. The van der Waals surface area contributed by atoms with Crippen LogP contribution in [-0.4, -0.2) is 23.8 Å². The Morgan fingerprint density at radius 3 is 3.06 bits per heavy atom. The number of hydrazine groups is 1. The SMILES string of the molecule is COC(=O)CCSCc1nc(NN)ccc1Cl. The molecule has 1 rings (SSSR count). The molecule has 3 N–H and O–H groups in total. The fourth-order valence-electron chi connectivity index (χ4n) is 1.09. The van der Waals surface area contributed by atoms with E-state index in [0.717, 1.165) is 5.69 Å². The largest absolute Gasteiger partial charge is 0.469 e. The summed E-state index contributed by atoms with van der Waals surface area (Å²) in [7, 11) is 1.38. The van der Waals surface area contributed by atoms with E-state index < -0.39 is 0 Å². The van der Waals surface area contributed by atoms with Gasteiger partial charge in [0.2, 0.25) is 0 Å². The number of carbonyl (C=O) groups excluding carboxylic acids is 1. The van der Waals surface area contributed by atoms with Gasteiger partial charge in [-0.25, -0.2) is 10.8 Å². The van der Waals surface area contributed by atoms with Crippen LogP contribution < -0.4 is 11.3 Å². The Hall–Kier alpha value is -0.980. The summed E-state index contributed by atoms with van der Waals surface area (Å²) in [6.07, 6.45) is 0.383. The molecule has 0 spiro atoms. The topological polar surface area (TPSA) is 77.2 Å². The Kier molecular flexibility index (Phi) is 6.10. The molecule has 0 aliphatic rings. The fraction of sp³-hybridized carbons (Fsp3) is 0.400. The number of aromatic nitrogens is 1. The van der Waals surface area contributed by atoms with Crippen molar-refractivity contribution in [3.8, 4) is 0 Å². The third-order valence-corrected chi connectivity index (χ3v) is 3.30. The first-order valence-corrected chi connectivity index (χ1v) is 6.47. The van der Waals surface area contributed by atoms with Gasteiger partial charge < -0.3 is 10.2 Å². The van der Waals surface area contributed by atoms with Crippen LogP contribution in [0.5, 0.6) is 0 Å². The van der Waals surface area contributed by atoms with Gasteiger partial charge in [-0.3, -0.25) is 4.79 Å². The lowest BCUT2D eigenvalue weighted by atomic mass is 10.4. The molecule has 0 aliphatic carbocycles. The minimum atomic E-state index is -0.214. The number of halogens is 1. The van der Waals surface area contributed by atoms with E-state index in [4.69, 9.17) is 17.4 Å². The second-order valence-electron chi connectivity index (χ2n) is 3.15. The van der Waals surface area contributed by atoms with Crippen LogP contribution in [0.25, 0.3) is 0 Å². The number of carbonyl (C=O) groups is 1. The van der Waals surface area contributed by atoms with E-state index in [0.29, 0.717) is 28.8 Å². The van der Waals surface area contributed by atoms with Gasteiger partial charge in [-0.2, -0.15) is 11.8 Å². The van der Waals surface area contributed by atoms with E-state index in [-0.39, 0.29) is 5.97 Å². The van der Waals surface area contributed by atoms with Crippen LogP contribution in [0, 0.1) is 0 Å². The standard InChI is InChI=1S/C10H14ClN3O2S/c1-16-10(15)4-5-17-6-8-7(11)2-3-9(13-8)14-12/h2-3H,4-6,12H2,1H3,(H,13,14). The highest BCUT2D eigenvalue weighted by molar-refractivity contribution is 7.98. The Morgan fingerprint density at radius 2 is 2.41 bits per heavy atom. The van der Waals surface area contributed by atoms with E-state index in [1.54, 1.807) is 23.9 Å². The molecule has 0 saturated heterocycles. The van der Waals surface area contributed by atoms with Gasteiger partial charge in [0, 0.05) is 11.5 Å². The van der Waals surface area contributed by atoms with Gasteiger partial charge in [-0.15, -0.1) is 0 Å². The maximum atomic E-state index is 10.9. The highest BCUT2D eigenvalue weighted by Crippen LogP contribution is 2.21. The Labute approximate surface area is 109 Å². The number of hydrogen-bond donors (Lipinski definition) is 2. The van der Waals surface area contributed by atoms with Crippen LogP contribution in [0.4, 0.5) is 5.82 Å². The predicted molar refractivity (Wildman–Crippen MR) is 69.9 cm³/mol. The van der Waals surface area contributed by atoms with E-state index >= 15 is 0 Å². The van der Waals surface area contributed by atoms with Gasteiger partial charge in [0.25, 0.3) is 0 Å². The highest BCUT2D eigenvalue weighted by Gasteiger charge is 2.05. The maximum absolute atomic E-state index is 10.9. The summed E-state index contributed by atoms with van der Waals surface area (Å²) in [5.74, 6) is 6.91. The molecule has 5 nitrogen and oxygen atoms in total. The molecule has 0 fully saturated rings. The summed E-state index contributed by atoms with van der Waals surface area (Å²) in [6.45, 7) is 0. The normalized spacial score (nSPS) is 10.1. The first-order valence-electron chi connectivity index (χ1n) is 4.94. The lowest BCUT2D eigenvalue weighted by Crippen LogP contribution is -2.09. The van der Waals surface area contributed by atoms with Crippen molar-refractivity contribution in [1.82, 2.24) is 4.98 Å². The number of nitrogens with one attached hydrogen (secondary N) is 1. The number of rotatable bonds is 6. The zero-order chi connectivity index (χ0) is 12.7. The number of ether oxygens (including phenoxy) is 1. The second kappa shape index (κ2) is 7.37. The van der Waals surface area contributed by atoms with Gasteiger partial charge in [0.15, 0.2) is 0 Å². The third kappa shape index (κ3) is 4.80. The molecule has 0 radical (unpaired) electrons. The number of hydrogen-bond acceptors (Lipinski definition) is 6. The summed E-state index contributed by atoms with van der Waals surface area (Å²) in [5.41, 5.74) is 3.21. The molecule has 0 aliphatic heterocycles. The first kappa shape index (κ1) is 14.1. The molecule has 17 heavy (non-hydrogen) atoms. The van der Waals surface area contributed by atoms with Crippen LogP contribution in [0.2, 0.25) is 5.02 Å². The van der Waals surface area contributed by atoms with Crippen molar-refractivity contribution in [3.05, 3.63) is 22.8 Å². The summed E-state index contributed by atoms with van der Waals surface area (Å²) < 4.78 is 4.54. The second-order valence-corrected chi connectivity index (χ2v) is 4.66. The Bertz CT molecular complexity index is 390. The van der Waals surface area contributed by atoms with Crippen LogP contribution in [-0.2, 0) is 15.3 Å². The summed E-state index contributed by atoms with van der Waals surface area (Å²) in [6, 6.07) is 3.44. The zero-order valence-electron chi connectivity index (χ0n) is 9.40. The minimum absolute atomic E-state index is 0.214. The molecule has 0 amide bonds. The molecule has 0 bridgehead atoms. The van der Waals surface area contributed by atoms with Gasteiger partial charge in [-0.1, -0.05) is 11.6 Å². The quantitative estimate of drug-likeness (QED) is 0.357. The molecule has 0 aromatic carbocycles. The summed E-state index contributed by atoms with van der Waals surface area (Å²) >= 11 is 7.55. The number of esters is 1. The van der Waals surface area contributed by atoms with Crippen molar-refractivity contribution in [2.45, 2.75) is 12.2 Å². The molecule has 7 heteroatoms. The van der Waals surface area contributed by atoms with Crippen molar-refractivity contribution < 1.29 is 9.53 Å². The van der Waals surface area contributed by atoms with Crippen LogP contribution in [0.15, 0.2) is 12.1 Å². The molecule has 1 aromatic heterocycles. The smallest absolute Gasteiger partial charge is 0.306 e. The molecule has 0 atom stereocenters. The highest BCUT2D eigenvalue weighted by atomic mass is 35.5. The van der Waals surface area contributed by atoms with Crippen molar-refractivity contribution in [2.24, 2.45) is 5.84 Å². The van der Waals surface area contributed by atoms with Crippen LogP contribution in [0.1, 0.15) is 12.1 Å². The maximum Gasteiger partial charge on any atom is 0.306 e. The van der Waals surface area contributed by atoms with Crippen molar-refractivity contribution in [1.29, 1.82) is 0 Å². The number of methoxy groups -OCH3 is 1. The number of anilines is 1. The van der Waals surface area contributed by atoms with E-state index in [2.05, 4.69) is 15.1 Å². The first-order chi connectivity index (χ1) is 8.17. The molecule has 0 unspecified atom stereocenters. The van der Waals surface area contributed by atoms with Crippen LogP contribution >= 0.6 is 23.4 Å². The molecule has 94 valence electrons. The van der Waals surface area contributed by atoms with Gasteiger partial charge in [0.1, 0.15) is 5.82 Å². The molecular weight excluding hydrogens is 262 g/mol. The Balaban J connectivity index is 2.43. The van der Waals surface area contributed by atoms with Gasteiger partial charge >= 0.3 is 5.97 Å². The van der Waals surface area contributed by atoms with Crippen molar-refractivity contribution >= 4 is 35.1 Å². The van der Waals surface area contributed by atoms with Gasteiger partial charge in [-0.05, 0) is 12.1 Å². The number of pyridine rings is 1. The Morgan fingerprint density at radius 1 is 1.65 bits per heavy atom. The van der Waals surface area contributed by atoms with E-state index in [1.807, 2.05) is 0 Å². The molecular formula is C10H14ClN3O2S. The van der Waals surface area contributed by atoms with E-state index in [1.165, 1.54) is 7.11 Å². The molecule has 1 heterocycles. The predicted octanol–water partition coefficient (Wildman–Crippen LogP) is 1.82. The summed E-state index contributed by atoms with van der Waals surface area (Å²) in [5, 5.41) is 0.592. The van der Waals surface area contributed by atoms with E-state index in [9.17, 15) is 4.79 Å². The third-order valence-electron chi connectivity index (χ3n) is 1.98. The molecule has 0 saturated carbocycles. The zero-order valence-corrected chi connectivity index (χ0v) is 11.0. The lowest BCUT2D eigenvalue weighted by Gasteiger charge is -2.06. The number of nitrogen functional groups attached to an aromatic ring is 1. The lowest BCUT2D eigenvalue weighted by molar-refractivity contribution is -0.140. The average molecular weight is 276 g/mol. The van der Waals surface area contributed by atoms with Crippen LogP contribution in [0.3, 0.4) is 0 Å². The van der Waals surface area contributed by atoms with Crippen molar-refractivity contribution in [3.63, 3.8) is 0 Å². The summed E-state index contributed by atoms with van der Waals surface area (Å²) in [4.78, 5) is 15.1. The molecule has 1 aromatic rings.